The highest BCUT2D eigenvalue weighted by Crippen LogP contribution is 2.42. The molecule has 0 fully saturated rings. The fraction of sp³-hybridized carbons (Fsp3) is 0.250. The average molecular weight is 513 g/mol. The molecule has 4 aromatic rings. The van der Waals surface area contributed by atoms with Gasteiger partial charge in [-0.25, -0.2) is 0 Å². The van der Waals surface area contributed by atoms with E-state index in [0.717, 1.165) is 40.7 Å². The summed E-state index contributed by atoms with van der Waals surface area (Å²) in [5.74, 6) is 2.23. The van der Waals surface area contributed by atoms with Crippen molar-refractivity contribution in [2.75, 3.05) is 13.7 Å². The van der Waals surface area contributed by atoms with E-state index in [1.165, 1.54) is 0 Å². The summed E-state index contributed by atoms with van der Waals surface area (Å²) in [6.07, 6.45) is 2.98. The second-order valence-electron chi connectivity index (χ2n) is 9.95. The number of fused-ring (bicyclic) bond motifs is 1. The molecule has 2 atom stereocenters. The maximum atomic E-state index is 11.1. The van der Waals surface area contributed by atoms with Gasteiger partial charge in [-0.05, 0) is 84.3 Å². The maximum absolute atomic E-state index is 11.1. The van der Waals surface area contributed by atoms with Crippen molar-refractivity contribution in [2.45, 2.75) is 31.6 Å². The first-order valence-electron chi connectivity index (χ1n) is 12.8. The molecule has 196 valence electrons. The number of benzene rings is 4. The predicted octanol–water partition coefficient (Wildman–Crippen LogP) is 6.08. The summed E-state index contributed by atoms with van der Waals surface area (Å²) in [5, 5.41) is 40.4. The highest BCUT2D eigenvalue weighted by atomic mass is 16.5. The van der Waals surface area contributed by atoms with E-state index in [1.54, 1.807) is 49.6 Å². The second-order valence-corrected chi connectivity index (χ2v) is 9.95. The zero-order valence-corrected chi connectivity index (χ0v) is 21.3. The molecule has 0 unspecified atom stereocenters. The number of ether oxygens (including phenoxy) is 2. The fourth-order valence-corrected chi connectivity index (χ4v) is 5.33. The molecular weight excluding hydrogens is 480 g/mol. The molecule has 1 aliphatic rings. The van der Waals surface area contributed by atoms with E-state index in [2.05, 4.69) is 6.07 Å². The average Bonchev–Trinajstić information content (AvgIpc) is 2.92. The van der Waals surface area contributed by atoms with Crippen molar-refractivity contribution in [3.05, 3.63) is 107 Å². The summed E-state index contributed by atoms with van der Waals surface area (Å²) in [7, 11) is 1.58. The quantitative estimate of drug-likeness (QED) is 0.229. The third-order valence-corrected chi connectivity index (χ3v) is 7.30. The number of aryl methyl sites for hydroxylation is 1. The molecule has 0 saturated heterocycles. The third-order valence-electron chi connectivity index (χ3n) is 7.30. The standard InChI is InChI=1S/C32H32O6/c1-37-31-17-27(35)12-6-23(31)7-13-28(22-4-10-26(34)11-5-22)29-16-24-15-21(19-38-32(24)18-30(29)36)14-20-2-8-25(33)9-3-20/h2-6,8-12,16-18,21,28,33-36H,7,13-15,19H2,1H3/t21-,28-/m1/s1. The van der Waals surface area contributed by atoms with Gasteiger partial charge < -0.3 is 29.9 Å². The molecule has 0 aliphatic carbocycles. The Labute approximate surface area is 222 Å². The van der Waals surface area contributed by atoms with Crippen molar-refractivity contribution in [3.63, 3.8) is 0 Å². The van der Waals surface area contributed by atoms with Crippen molar-refractivity contribution in [1.29, 1.82) is 0 Å². The lowest BCUT2D eigenvalue weighted by Gasteiger charge is -2.28. The SMILES string of the molecule is COc1cc(O)ccc1CC[C@H](c1ccc(O)cc1)c1cc2c(cc1O)OC[C@H](Cc1ccc(O)cc1)C2. The molecular formula is C32H32O6. The van der Waals surface area contributed by atoms with Crippen LogP contribution < -0.4 is 9.47 Å². The molecule has 4 N–H and O–H groups in total. The van der Waals surface area contributed by atoms with Gasteiger partial charge in [0, 0.05) is 29.5 Å². The molecule has 0 aromatic heterocycles. The van der Waals surface area contributed by atoms with Gasteiger partial charge in [0.25, 0.3) is 0 Å². The Bertz CT molecular complexity index is 1400. The van der Waals surface area contributed by atoms with Crippen LogP contribution in [0.2, 0.25) is 0 Å². The molecule has 0 radical (unpaired) electrons. The van der Waals surface area contributed by atoms with Crippen LogP contribution in [0.15, 0.2) is 78.9 Å². The molecule has 0 bridgehead atoms. The molecule has 0 spiro atoms. The number of hydrogen-bond acceptors (Lipinski definition) is 6. The van der Waals surface area contributed by atoms with Gasteiger partial charge in [-0.2, -0.15) is 0 Å². The maximum Gasteiger partial charge on any atom is 0.126 e. The van der Waals surface area contributed by atoms with Crippen LogP contribution in [0.3, 0.4) is 0 Å². The van der Waals surface area contributed by atoms with Crippen LogP contribution in [-0.2, 0) is 19.3 Å². The molecule has 38 heavy (non-hydrogen) atoms. The third kappa shape index (κ3) is 5.65. The monoisotopic (exact) mass is 512 g/mol. The number of phenols is 4. The molecule has 0 saturated carbocycles. The van der Waals surface area contributed by atoms with Crippen molar-refractivity contribution in [3.8, 4) is 34.5 Å². The molecule has 1 heterocycles. The molecule has 0 amide bonds. The number of methoxy groups -OCH3 is 1. The van der Waals surface area contributed by atoms with Gasteiger partial charge in [0.1, 0.15) is 34.5 Å². The summed E-state index contributed by atoms with van der Waals surface area (Å²) in [5.41, 5.74) is 4.94. The van der Waals surface area contributed by atoms with Crippen LogP contribution in [-0.4, -0.2) is 34.1 Å². The minimum Gasteiger partial charge on any atom is -0.508 e. The van der Waals surface area contributed by atoms with Gasteiger partial charge in [0.15, 0.2) is 0 Å². The van der Waals surface area contributed by atoms with E-state index in [-0.39, 0.29) is 34.8 Å². The van der Waals surface area contributed by atoms with Gasteiger partial charge in [-0.15, -0.1) is 0 Å². The first-order chi connectivity index (χ1) is 18.4. The molecule has 5 rings (SSSR count). The van der Waals surface area contributed by atoms with Gasteiger partial charge in [-0.3, -0.25) is 0 Å². The van der Waals surface area contributed by atoms with Gasteiger partial charge in [-0.1, -0.05) is 30.3 Å². The summed E-state index contributed by atoms with van der Waals surface area (Å²) < 4.78 is 11.5. The molecule has 6 nitrogen and oxygen atoms in total. The summed E-state index contributed by atoms with van der Waals surface area (Å²) in [6, 6.07) is 23.3. The lowest BCUT2D eigenvalue weighted by Crippen LogP contribution is -2.23. The first-order valence-corrected chi connectivity index (χ1v) is 12.8. The molecule has 1 aliphatic heterocycles. The van der Waals surface area contributed by atoms with Gasteiger partial charge in [0.2, 0.25) is 0 Å². The van der Waals surface area contributed by atoms with Crippen LogP contribution in [0, 0.1) is 5.92 Å². The zero-order valence-electron chi connectivity index (χ0n) is 21.3. The first kappa shape index (κ1) is 25.3. The van der Waals surface area contributed by atoms with Gasteiger partial charge in [0.05, 0.1) is 13.7 Å². The minimum absolute atomic E-state index is 0.142. The Morgan fingerprint density at radius 2 is 1.53 bits per heavy atom. The zero-order chi connectivity index (χ0) is 26.6. The lowest BCUT2D eigenvalue weighted by atomic mass is 9.83. The van der Waals surface area contributed by atoms with E-state index < -0.39 is 0 Å². The Kier molecular flexibility index (Phi) is 7.31. The summed E-state index contributed by atoms with van der Waals surface area (Å²) in [6.45, 7) is 0.564. The molecule has 6 heteroatoms. The van der Waals surface area contributed by atoms with Crippen LogP contribution >= 0.6 is 0 Å². The Morgan fingerprint density at radius 3 is 2.24 bits per heavy atom. The van der Waals surface area contributed by atoms with E-state index in [4.69, 9.17) is 9.47 Å². The topological polar surface area (TPSA) is 99.4 Å². The van der Waals surface area contributed by atoms with Crippen LogP contribution in [0.4, 0.5) is 0 Å². The van der Waals surface area contributed by atoms with Crippen molar-refractivity contribution < 1.29 is 29.9 Å². The number of aromatic hydroxyl groups is 4. The number of hydrogen-bond donors (Lipinski definition) is 4. The Hall–Kier alpha value is -4.32. The van der Waals surface area contributed by atoms with Crippen molar-refractivity contribution in [2.24, 2.45) is 5.92 Å². The van der Waals surface area contributed by atoms with Crippen LogP contribution in [0.25, 0.3) is 0 Å². The van der Waals surface area contributed by atoms with E-state index in [1.807, 2.05) is 30.3 Å². The lowest BCUT2D eigenvalue weighted by molar-refractivity contribution is 0.220. The van der Waals surface area contributed by atoms with E-state index in [9.17, 15) is 20.4 Å². The fourth-order valence-electron chi connectivity index (χ4n) is 5.33. The summed E-state index contributed by atoms with van der Waals surface area (Å²) in [4.78, 5) is 0. The Balaban J connectivity index is 1.44. The van der Waals surface area contributed by atoms with E-state index >= 15 is 0 Å². The normalized spacial score (nSPS) is 15.3. The summed E-state index contributed by atoms with van der Waals surface area (Å²) >= 11 is 0. The predicted molar refractivity (Wildman–Crippen MR) is 146 cm³/mol. The highest BCUT2D eigenvalue weighted by Gasteiger charge is 2.26. The van der Waals surface area contributed by atoms with Crippen LogP contribution in [0.1, 0.15) is 40.2 Å². The Morgan fingerprint density at radius 1 is 0.842 bits per heavy atom. The molecule has 4 aromatic carbocycles. The largest absolute Gasteiger partial charge is 0.508 e. The second kappa shape index (κ2) is 11.0. The number of phenolic OH excluding ortho intramolecular Hbond substituents is 4. The number of rotatable bonds is 8. The smallest absolute Gasteiger partial charge is 0.126 e. The van der Waals surface area contributed by atoms with Gasteiger partial charge >= 0.3 is 0 Å². The highest BCUT2D eigenvalue weighted by molar-refractivity contribution is 5.51. The van der Waals surface area contributed by atoms with Crippen molar-refractivity contribution in [1.82, 2.24) is 0 Å². The van der Waals surface area contributed by atoms with Crippen molar-refractivity contribution >= 4 is 0 Å². The van der Waals surface area contributed by atoms with Crippen LogP contribution in [0.5, 0.6) is 34.5 Å². The van der Waals surface area contributed by atoms with E-state index in [0.29, 0.717) is 30.9 Å². The minimum atomic E-state index is -0.142.